The minimum absolute atomic E-state index is 0.245. The zero-order valence-electron chi connectivity index (χ0n) is 8.63. The number of methoxy groups -OCH3 is 1. The Hall–Kier alpha value is -0.830. The highest BCUT2D eigenvalue weighted by Gasteiger charge is 2.27. The molecule has 1 aliphatic carbocycles. The number of Topliss-reactive ketones (excluding diaryl/α,β-unsaturated/α-hetero) is 1. The van der Waals surface area contributed by atoms with E-state index < -0.39 is 0 Å². The van der Waals surface area contributed by atoms with Crippen LogP contribution in [0.25, 0.3) is 0 Å². The van der Waals surface area contributed by atoms with Crippen molar-refractivity contribution in [2.45, 2.75) is 19.3 Å². The van der Waals surface area contributed by atoms with Crippen molar-refractivity contribution in [2.24, 2.45) is 5.92 Å². The molecule has 0 bridgehead atoms. The maximum atomic E-state index is 12.0. The van der Waals surface area contributed by atoms with Crippen molar-refractivity contribution in [1.82, 2.24) is 0 Å². The maximum Gasteiger partial charge on any atom is 0.167 e. The Morgan fingerprint density at radius 2 is 2.20 bits per heavy atom. The highest BCUT2D eigenvalue weighted by molar-refractivity contribution is 9.10. The summed E-state index contributed by atoms with van der Waals surface area (Å²) in [6.45, 7) is 0. The standard InChI is InChI=1S/C12H13BrO2/c1-15-9-5-6-10(11(13)7-9)12(14)8-3-2-4-8/h5-8H,2-4H2,1H3. The van der Waals surface area contributed by atoms with Crippen molar-refractivity contribution in [3.63, 3.8) is 0 Å². The molecule has 3 heteroatoms. The average Bonchev–Trinajstić information content (AvgIpc) is 2.14. The van der Waals surface area contributed by atoms with Crippen molar-refractivity contribution in [3.8, 4) is 5.75 Å². The van der Waals surface area contributed by atoms with E-state index in [1.807, 2.05) is 18.2 Å². The van der Waals surface area contributed by atoms with Crippen LogP contribution in [0, 0.1) is 5.92 Å². The van der Waals surface area contributed by atoms with E-state index in [9.17, 15) is 4.79 Å². The summed E-state index contributed by atoms with van der Waals surface area (Å²) in [6, 6.07) is 5.51. The molecule has 0 saturated heterocycles. The van der Waals surface area contributed by atoms with Crippen LogP contribution in [0.15, 0.2) is 22.7 Å². The fraction of sp³-hybridized carbons (Fsp3) is 0.417. The first-order chi connectivity index (χ1) is 7.22. The number of hydrogen-bond acceptors (Lipinski definition) is 2. The highest BCUT2D eigenvalue weighted by Crippen LogP contribution is 2.33. The third kappa shape index (κ3) is 2.07. The number of carbonyl (C=O) groups is 1. The molecule has 0 unspecified atom stereocenters. The summed E-state index contributed by atoms with van der Waals surface area (Å²) in [7, 11) is 1.62. The van der Waals surface area contributed by atoms with Gasteiger partial charge in [0.2, 0.25) is 0 Å². The predicted octanol–water partition coefficient (Wildman–Crippen LogP) is 3.44. The Morgan fingerprint density at radius 1 is 1.47 bits per heavy atom. The van der Waals surface area contributed by atoms with E-state index in [0.29, 0.717) is 0 Å². The smallest absolute Gasteiger partial charge is 0.167 e. The molecular weight excluding hydrogens is 256 g/mol. The normalized spacial score (nSPS) is 15.9. The molecular formula is C12H13BrO2. The van der Waals surface area contributed by atoms with Gasteiger partial charge in [0.15, 0.2) is 5.78 Å². The van der Waals surface area contributed by atoms with Crippen molar-refractivity contribution in [3.05, 3.63) is 28.2 Å². The topological polar surface area (TPSA) is 26.3 Å². The van der Waals surface area contributed by atoms with Crippen LogP contribution in [0.4, 0.5) is 0 Å². The molecule has 0 aromatic heterocycles. The molecule has 0 spiro atoms. The fourth-order valence-corrected chi connectivity index (χ4v) is 2.27. The summed E-state index contributed by atoms with van der Waals surface area (Å²) in [5.41, 5.74) is 0.778. The first kappa shape index (κ1) is 10.7. The van der Waals surface area contributed by atoms with E-state index >= 15 is 0 Å². The molecule has 0 heterocycles. The minimum Gasteiger partial charge on any atom is -0.497 e. The summed E-state index contributed by atoms with van der Waals surface area (Å²) >= 11 is 3.41. The van der Waals surface area contributed by atoms with Crippen LogP contribution in [0.1, 0.15) is 29.6 Å². The summed E-state index contributed by atoms with van der Waals surface area (Å²) in [4.78, 5) is 12.0. The molecule has 1 saturated carbocycles. The number of carbonyl (C=O) groups excluding carboxylic acids is 1. The lowest BCUT2D eigenvalue weighted by atomic mass is 9.80. The second kappa shape index (κ2) is 4.35. The van der Waals surface area contributed by atoms with Crippen molar-refractivity contribution in [1.29, 1.82) is 0 Å². The molecule has 1 aromatic rings. The summed E-state index contributed by atoms with van der Waals surface area (Å²) in [5.74, 6) is 1.28. The van der Waals surface area contributed by atoms with Gasteiger partial charge in [0.25, 0.3) is 0 Å². The average molecular weight is 269 g/mol. The summed E-state index contributed by atoms with van der Waals surface area (Å²) in [5, 5.41) is 0. The zero-order chi connectivity index (χ0) is 10.8. The van der Waals surface area contributed by atoms with Crippen molar-refractivity contribution in [2.75, 3.05) is 7.11 Å². The zero-order valence-corrected chi connectivity index (χ0v) is 10.2. The van der Waals surface area contributed by atoms with Gasteiger partial charge in [-0.3, -0.25) is 4.79 Å². The van der Waals surface area contributed by atoms with E-state index in [4.69, 9.17) is 4.74 Å². The molecule has 0 atom stereocenters. The van der Waals surface area contributed by atoms with Crippen LogP contribution >= 0.6 is 15.9 Å². The molecule has 1 aromatic carbocycles. The van der Waals surface area contributed by atoms with Crippen LogP contribution in [0.5, 0.6) is 5.75 Å². The Balaban J connectivity index is 2.24. The minimum atomic E-state index is 0.245. The number of benzene rings is 1. The van der Waals surface area contributed by atoms with Gasteiger partial charge in [-0.15, -0.1) is 0 Å². The number of ketones is 1. The van der Waals surface area contributed by atoms with Gasteiger partial charge in [-0.2, -0.15) is 0 Å². The van der Waals surface area contributed by atoms with E-state index in [2.05, 4.69) is 15.9 Å². The van der Waals surface area contributed by atoms with Gasteiger partial charge < -0.3 is 4.74 Å². The van der Waals surface area contributed by atoms with Crippen LogP contribution in [0.3, 0.4) is 0 Å². The molecule has 1 aliphatic rings. The van der Waals surface area contributed by atoms with Gasteiger partial charge in [-0.25, -0.2) is 0 Å². The molecule has 0 aliphatic heterocycles. The number of rotatable bonds is 3. The number of ether oxygens (including phenoxy) is 1. The fourth-order valence-electron chi connectivity index (χ4n) is 1.71. The monoisotopic (exact) mass is 268 g/mol. The van der Waals surface area contributed by atoms with E-state index in [1.165, 1.54) is 6.42 Å². The molecule has 2 rings (SSSR count). The van der Waals surface area contributed by atoms with Gasteiger partial charge in [-0.05, 0) is 47.0 Å². The molecule has 0 N–H and O–H groups in total. The van der Waals surface area contributed by atoms with Gasteiger partial charge in [0, 0.05) is 16.0 Å². The Labute approximate surface area is 97.8 Å². The third-order valence-electron chi connectivity index (χ3n) is 2.92. The van der Waals surface area contributed by atoms with Gasteiger partial charge in [0.1, 0.15) is 5.75 Å². The summed E-state index contributed by atoms with van der Waals surface area (Å²) < 4.78 is 5.92. The Morgan fingerprint density at radius 3 is 2.67 bits per heavy atom. The lowest BCUT2D eigenvalue weighted by molar-refractivity contribution is 0.0854. The van der Waals surface area contributed by atoms with Gasteiger partial charge in [0.05, 0.1) is 7.11 Å². The molecule has 0 radical (unpaired) electrons. The van der Waals surface area contributed by atoms with Crippen LogP contribution in [0.2, 0.25) is 0 Å². The second-order valence-electron chi connectivity index (χ2n) is 3.84. The molecule has 1 fully saturated rings. The van der Waals surface area contributed by atoms with E-state index in [-0.39, 0.29) is 11.7 Å². The first-order valence-corrected chi connectivity index (χ1v) is 5.89. The quantitative estimate of drug-likeness (QED) is 0.786. The Bertz CT molecular complexity index is 383. The van der Waals surface area contributed by atoms with Gasteiger partial charge in [-0.1, -0.05) is 6.42 Å². The Kier molecular flexibility index (Phi) is 3.10. The van der Waals surface area contributed by atoms with Crippen LogP contribution in [-0.2, 0) is 0 Å². The second-order valence-corrected chi connectivity index (χ2v) is 4.69. The molecule has 2 nitrogen and oxygen atoms in total. The SMILES string of the molecule is COc1ccc(C(=O)C2CCC2)c(Br)c1. The van der Waals surface area contributed by atoms with Gasteiger partial charge >= 0.3 is 0 Å². The summed E-state index contributed by atoms with van der Waals surface area (Å²) in [6.07, 6.45) is 3.26. The largest absolute Gasteiger partial charge is 0.497 e. The lowest BCUT2D eigenvalue weighted by Crippen LogP contribution is -2.22. The van der Waals surface area contributed by atoms with Crippen molar-refractivity contribution >= 4 is 21.7 Å². The highest BCUT2D eigenvalue weighted by atomic mass is 79.9. The van der Waals surface area contributed by atoms with Crippen LogP contribution < -0.4 is 4.74 Å². The molecule has 0 amide bonds. The number of halogens is 1. The lowest BCUT2D eigenvalue weighted by Gasteiger charge is -2.24. The van der Waals surface area contributed by atoms with Crippen molar-refractivity contribution < 1.29 is 9.53 Å². The molecule has 80 valence electrons. The van der Waals surface area contributed by atoms with Crippen LogP contribution in [-0.4, -0.2) is 12.9 Å². The maximum absolute atomic E-state index is 12.0. The number of hydrogen-bond donors (Lipinski definition) is 0. The predicted molar refractivity (Wildman–Crippen MR) is 62.4 cm³/mol. The first-order valence-electron chi connectivity index (χ1n) is 5.10. The van der Waals surface area contributed by atoms with E-state index in [0.717, 1.165) is 28.6 Å². The third-order valence-corrected chi connectivity index (χ3v) is 3.57. The molecule has 15 heavy (non-hydrogen) atoms. The van der Waals surface area contributed by atoms with E-state index in [1.54, 1.807) is 7.11 Å².